The number of rotatable bonds is 13. The van der Waals surface area contributed by atoms with Crippen LogP contribution in [-0.4, -0.2) is 59.2 Å². The number of aromatic nitrogens is 3. The van der Waals surface area contributed by atoms with Gasteiger partial charge in [0.2, 0.25) is 0 Å². The van der Waals surface area contributed by atoms with Gasteiger partial charge in [0.15, 0.2) is 5.65 Å². The number of amides is 2. The van der Waals surface area contributed by atoms with Gasteiger partial charge in [0, 0.05) is 72.4 Å². The first kappa shape index (κ1) is 37.7. The second-order valence-electron chi connectivity index (χ2n) is 12.2. The molecule has 1 aliphatic heterocycles. The Morgan fingerprint density at radius 3 is 2.33 bits per heavy atom. The molecular weight excluding hydrogens is 656 g/mol. The van der Waals surface area contributed by atoms with Gasteiger partial charge in [-0.05, 0) is 73.7 Å². The Hall–Kier alpha value is -5.55. The average Bonchev–Trinajstić information content (AvgIpc) is 3.63. The van der Waals surface area contributed by atoms with E-state index in [0.29, 0.717) is 48.6 Å². The lowest BCUT2D eigenvalue weighted by molar-refractivity contribution is 0.0904. The molecule has 3 aromatic carbocycles. The Morgan fingerprint density at radius 1 is 0.942 bits per heavy atom. The lowest BCUT2D eigenvalue weighted by Gasteiger charge is -2.26. The zero-order chi connectivity index (χ0) is 37.0. The summed E-state index contributed by atoms with van der Waals surface area (Å²) in [4.78, 5) is 43.1. The van der Waals surface area contributed by atoms with Crippen molar-refractivity contribution in [3.8, 4) is 16.9 Å². The van der Waals surface area contributed by atoms with Crippen LogP contribution in [0.1, 0.15) is 88.4 Å². The molecule has 0 spiro atoms. The van der Waals surface area contributed by atoms with Crippen LogP contribution in [0.2, 0.25) is 0 Å². The van der Waals surface area contributed by atoms with Gasteiger partial charge in [-0.3, -0.25) is 14.4 Å². The minimum atomic E-state index is -0.307. The fraction of sp³-hybridized carbons (Fsp3) is 0.341. The van der Waals surface area contributed by atoms with Gasteiger partial charge in [0.25, 0.3) is 11.8 Å². The van der Waals surface area contributed by atoms with Gasteiger partial charge in [-0.1, -0.05) is 51.1 Å². The second-order valence-corrected chi connectivity index (χ2v) is 12.2. The van der Waals surface area contributed by atoms with Crippen molar-refractivity contribution in [3.63, 3.8) is 0 Å². The minimum Gasteiger partial charge on any atom is -0.496 e. The number of aldehydes is 1. The zero-order valence-corrected chi connectivity index (χ0v) is 30.6. The molecule has 1 saturated heterocycles. The summed E-state index contributed by atoms with van der Waals surface area (Å²) >= 11 is 0. The van der Waals surface area contributed by atoms with Gasteiger partial charge in [0.05, 0.1) is 24.4 Å². The van der Waals surface area contributed by atoms with Crippen LogP contribution in [0.3, 0.4) is 0 Å². The van der Waals surface area contributed by atoms with E-state index in [1.165, 1.54) is 0 Å². The second kappa shape index (κ2) is 18.1. The molecule has 0 atom stereocenters. The molecule has 2 amide bonds. The maximum atomic E-state index is 13.5. The van der Waals surface area contributed by atoms with Gasteiger partial charge in [-0.2, -0.15) is 5.10 Å². The van der Waals surface area contributed by atoms with E-state index in [2.05, 4.69) is 28.0 Å². The van der Waals surface area contributed by atoms with Crippen molar-refractivity contribution in [2.45, 2.75) is 72.6 Å². The van der Waals surface area contributed by atoms with E-state index >= 15 is 0 Å². The first-order valence-corrected chi connectivity index (χ1v) is 18.0. The highest BCUT2D eigenvalue weighted by Crippen LogP contribution is 2.33. The van der Waals surface area contributed by atoms with Crippen molar-refractivity contribution >= 4 is 34.8 Å². The molecule has 0 unspecified atom stereocenters. The molecule has 5 aromatic rings. The molecule has 52 heavy (non-hydrogen) atoms. The molecule has 0 bridgehead atoms. The zero-order valence-electron chi connectivity index (χ0n) is 30.6. The molecule has 3 heterocycles. The SMILES string of the molecule is CC.CCc1nc2c(cnn2CC)c(NC2CCOCC2)c1CNC(=O)c1cccc(C(=O)NCc2ccc(OC)c(-c3cccc(C=O)c3)c2)c1. The van der Waals surface area contributed by atoms with Crippen molar-refractivity contribution in [1.29, 1.82) is 0 Å². The van der Waals surface area contributed by atoms with Crippen LogP contribution in [0.25, 0.3) is 22.2 Å². The van der Waals surface area contributed by atoms with Gasteiger partial charge in [0.1, 0.15) is 12.0 Å². The summed E-state index contributed by atoms with van der Waals surface area (Å²) in [7, 11) is 1.59. The maximum absolute atomic E-state index is 13.5. The smallest absolute Gasteiger partial charge is 0.251 e. The molecular formula is C41H48N6O5. The van der Waals surface area contributed by atoms with E-state index < -0.39 is 0 Å². The lowest BCUT2D eigenvalue weighted by Crippen LogP contribution is -2.30. The number of pyridine rings is 1. The summed E-state index contributed by atoms with van der Waals surface area (Å²) in [6.45, 7) is 10.7. The molecule has 0 saturated carbocycles. The number of nitrogens with zero attached hydrogens (tertiary/aromatic N) is 3. The van der Waals surface area contributed by atoms with Crippen LogP contribution >= 0.6 is 0 Å². The Morgan fingerprint density at radius 2 is 1.65 bits per heavy atom. The number of hydrogen-bond donors (Lipinski definition) is 3. The maximum Gasteiger partial charge on any atom is 0.251 e. The number of aryl methyl sites for hydroxylation is 2. The molecule has 6 rings (SSSR count). The van der Waals surface area contributed by atoms with Crippen molar-refractivity contribution in [2.24, 2.45) is 0 Å². The topological polar surface area (TPSA) is 136 Å². The highest BCUT2D eigenvalue weighted by atomic mass is 16.5. The van der Waals surface area contributed by atoms with Gasteiger partial charge < -0.3 is 25.4 Å². The number of methoxy groups -OCH3 is 1. The minimum absolute atomic E-state index is 0.242. The van der Waals surface area contributed by atoms with E-state index in [1.807, 2.05) is 62.0 Å². The van der Waals surface area contributed by atoms with Crippen LogP contribution in [0.4, 0.5) is 5.69 Å². The van der Waals surface area contributed by atoms with E-state index in [1.54, 1.807) is 43.5 Å². The number of benzene rings is 3. The number of fused-ring (bicyclic) bond motifs is 1. The summed E-state index contributed by atoms with van der Waals surface area (Å²) in [5.74, 6) is 0.0605. The van der Waals surface area contributed by atoms with Crippen LogP contribution < -0.4 is 20.7 Å². The Balaban J connectivity index is 0.00000257. The quantitative estimate of drug-likeness (QED) is 0.112. The van der Waals surface area contributed by atoms with Crippen LogP contribution in [-0.2, 0) is 30.8 Å². The molecule has 272 valence electrons. The Kier molecular flexibility index (Phi) is 13.1. The first-order valence-electron chi connectivity index (χ1n) is 18.0. The van der Waals surface area contributed by atoms with Crippen molar-refractivity contribution in [2.75, 3.05) is 25.6 Å². The summed E-state index contributed by atoms with van der Waals surface area (Å²) in [5.41, 5.74) is 7.42. The van der Waals surface area contributed by atoms with Crippen LogP contribution in [0.15, 0.2) is 72.9 Å². The Bertz CT molecular complexity index is 2020. The predicted molar refractivity (Wildman–Crippen MR) is 204 cm³/mol. The van der Waals surface area contributed by atoms with Crippen molar-refractivity contribution in [1.82, 2.24) is 25.4 Å². The summed E-state index contributed by atoms with van der Waals surface area (Å²) in [5, 5.41) is 15.3. The Labute approximate surface area is 305 Å². The van der Waals surface area contributed by atoms with E-state index in [4.69, 9.17) is 14.5 Å². The lowest BCUT2D eigenvalue weighted by atomic mass is 10.00. The first-order chi connectivity index (χ1) is 25.4. The number of nitrogens with one attached hydrogen (secondary N) is 3. The molecule has 0 radical (unpaired) electrons. The number of carbonyl (C=O) groups excluding carboxylic acids is 3. The van der Waals surface area contributed by atoms with Gasteiger partial charge in [-0.15, -0.1) is 0 Å². The number of carbonyl (C=O) groups is 3. The predicted octanol–water partition coefficient (Wildman–Crippen LogP) is 6.98. The van der Waals surface area contributed by atoms with E-state index in [-0.39, 0.29) is 30.9 Å². The molecule has 11 heteroatoms. The monoisotopic (exact) mass is 704 g/mol. The fourth-order valence-corrected chi connectivity index (χ4v) is 6.33. The average molecular weight is 705 g/mol. The van der Waals surface area contributed by atoms with Gasteiger partial charge in [-0.25, -0.2) is 9.67 Å². The normalized spacial score (nSPS) is 12.8. The third-order valence-corrected chi connectivity index (χ3v) is 9.04. The highest BCUT2D eigenvalue weighted by molar-refractivity contribution is 6.00. The summed E-state index contributed by atoms with van der Waals surface area (Å²) < 4.78 is 13.0. The third-order valence-electron chi connectivity index (χ3n) is 9.04. The number of anilines is 1. The summed E-state index contributed by atoms with van der Waals surface area (Å²) in [6.07, 6.45) is 5.12. The third kappa shape index (κ3) is 8.66. The summed E-state index contributed by atoms with van der Waals surface area (Å²) in [6, 6.07) is 19.9. The fourth-order valence-electron chi connectivity index (χ4n) is 6.33. The standard InChI is InChI=1S/C39H42N6O5.C2H6/c1-4-34-32(36(43-30-14-16-50-17-15-30)33-23-42-45(5-2)37(33)44-34)22-41-39(48)29-11-7-10-28(20-29)38(47)40-21-25-12-13-35(49-3)31(19-25)27-9-6-8-26(18-27)24-46;1-2/h6-13,18-20,23-24,30H,4-5,14-17,21-22H2,1-3H3,(H,40,47)(H,41,48)(H,43,44);1-2H3. The van der Waals surface area contributed by atoms with Crippen molar-refractivity contribution < 1.29 is 23.9 Å². The van der Waals surface area contributed by atoms with Crippen LogP contribution in [0, 0.1) is 0 Å². The molecule has 1 aliphatic rings. The molecule has 1 fully saturated rings. The van der Waals surface area contributed by atoms with Gasteiger partial charge >= 0.3 is 0 Å². The van der Waals surface area contributed by atoms with Crippen molar-refractivity contribution in [3.05, 3.63) is 106 Å². The van der Waals surface area contributed by atoms with E-state index in [9.17, 15) is 14.4 Å². The molecule has 2 aromatic heterocycles. The number of hydrogen-bond acceptors (Lipinski definition) is 8. The highest BCUT2D eigenvalue weighted by Gasteiger charge is 2.22. The molecule has 3 N–H and O–H groups in total. The molecule has 11 nitrogen and oxygen atoms in total. The number of ether oxygens (including phenoxy) is 2. The van der Waals surface area contributed by atoms with E-state index in [0.717, 1.165) is 63.8 Å². The van der Waals surface area contributed by atoms with Crippen LogP contribution in [0.5, 0.6) is 5.75 Å². The largest absolute Gasteiger partial charge is 0.496 e. The molecule has 0 aliphatic carbocycles.